The zero-order valence-electron chi connectivity index (χ0n) is 13.7. The van der Waals surface area contributed by atoms with Crippen molar-refractivity contribution >= 4 is 35.9 Å². The van der Waals surface area contributed by atoms with E-state index in [2.05, 4.69) is 25.9 Å². The lowest BCUT2D eigenvalue weighted by Crippen LogP contribution is -2.24. The van der Waals surface area contributed by atoms with Gasteiger partial charge in [-0.15, -0.1) is 10.2 Å². The van der Waals surface area contributed by atoms with Crippen molar-refractivity contribution in [1.29, 1.82) is 0 Å². The van der Waals surface area contributed by atoms with Gasteiger partial charge in [0.05, 0.1) is 6.21 Å². The molecule has 0 bridgehead atoms. The first kappa shape index (κ1) is 17.5. The highest BCUT2D eigenvalue weighted by Gasteiger charge is 2.05. The van der Waals surface area contributed by atoms with Crippen LogP contribution in [-0.4, -0.2) is 32.3 Å². The number of nitrogens with one attached hydrogen (secondary N) is 1. The minimum atomic E-state index is -0.355. The van der Waals surface area contributed by atoms with Crippen LogP contribution in [0.4, 0.5) is 0 Å². The van der Waals surface area contributed by atoms with Gasteiger partial charge in [-0.3, -0.25) is 4.79 Å². The van der Waals surface area contributed by atoms with Gasteiger partial charge in [-0.2, -0.15) is 9.90 Å². The summed E-state index contributed by atoms with van der Waals surface area (Å²) in [6, 6.07) is 16.8. The maximum Gasteiger partial charge on any atom is 0.263 e. The number of hydrogen-bond acceptors (Lipinski definition) is 5. The predicted octanol–water partition coefficient (Wildman–Crippen LogP) is 2.65. The number of halogens is 1. The van der Waals surface area contributed by atoms with Gasteiger partial charge >= 0.3 is 0 Å². The van der Waals surface area contributed by atoms with E-state index in [1.807, 2.05) is 36.4 Å². The Morgan fingerprint density at radius 3 is 2.62 bits per heavy atom. The molecule has 0 aliphatic carbocycles. The van der Waals surface area contributed by atoms with Gasteiger partial charge in [-0.25, -0.2) is 5.43 Å². The molecule has 26 heavy (non-hydrogen) atoms. The topological polar surface area (TPSA) is 85.1 Å². The minimum absolute atomic E-state index is 0.0792. The molecule has 0 radical (unpaired) electrons. The van der Waals surface area contributed by atoms with Crippen molar-refractivity contribution in [2.75, 3.05) is 0 Å². The second-order valence-electron chi connectivity index (χ2n) is 5.27. The third-order valence-electron chi connectivity index (χ3n) is 3.25. The van der Waals surface area contributed by atoms with Gasteiger partial charge < -0.3 is 0 Å². The maximum absolute atomic E-state index is 11.9. The summed E-state index contributed by atoms with van der Waals surface area (Å²) in [5.74, 6) is 0.0671. The molecule has 8 heteroatoms. The fourth-order valence-electron chi connectivity index (χ4n) is 2.02. The number of benzene rings is 2. The molecule has 0 saturated heterocycles. The average molecular weight is 367 g/mol. The van der Waals surface area contributed by atoms with E-state index in [-0.39, 0.29) is 12.5 Å². The second-order valence-corrected chi connectivity index (χ2v) is 5.70. The molecule has 1 N–H and O–H groups in total. The van der Waals surface area contributed by atoms with Gasteiger partial charge in [-0.05, 0) is 34.5 Å². The van der Waals surface area contributed by atoms with Gasteiger partial charge in [0.2, 0.25) is 0 Å². The summed E-state index contributed by atoms with van der Waals surface area (Å²) in [6.45, 7) is -0.0792. The first-order chi connectivity index (χ1) is 12.7. The molecule has 0 spiro atoms. The number of nitrogens with zero attached hydrogens (tertiary/aromatic N) is 5. The first-order valence-corrected chi connectivity index (χ1v) is 8.15. The summed E-state index contributed by atoms with van der Waals surface area (Å²) in [7, 11) is 0. The Labute approximate surface area is 155 Å². The van der Waals surface area contributed by atoms with Crippen molar-refractivity contribution in [2.45, 2.75) is 6.54 Å². The quantitative estimate of drug-likeness (QED) is 0.537. The van der Waals surface area contributed by atoms with E-state index >= 15 is 0 Å². The third kappa shape index (κ3) is 5.35. The largest absolute Gasteiger partial charge is 0.271 e. The lowest BCUT2D eigenvalue weighted by molar-refractivity contribution is -0.122. The molecule has 3 aromatic rings. The summed E-state index contributed by atoms with van der Waals surface area (Å²) in [5.41, 5.74) is 4.26. The van der Waals surface area contributed by atoms with E-state index < -0.39 is 0 Å². The summed E-state index contributed by atoms with van der Waals surface area (Å²) >= 11 is 5.80. The molecule has 1 amide bonds. The molecule has 7 nitrogen and oxygen atoms in total. The van der Waals surface area contributed by atoms with Crippen LogP contribution < -0.4 is 5.43 Å². The summed E-state index contributed by atoms with van der Waals surface area (Å²) < 4.78 is 0. The standard InChI is InChI=1S/C18H15ClN6O/c19-16-9-6-15(7-10-16)12-20-22-18(26)13-25-23-17(21-24-25)11-8-14-4-2-1-3-5-14/h1-12H,13H2,(H,22,26)/b11-8+,20-12+. The number of carbonyl (C=O) groups is 1. The first-order valence-electron chi connectivity index (χ1n) is 7.77. The highest BCUT2D eigenvalue weighted by molar-refractivity contribution is 6.30. The van der Waals surface area contributed by atoms with Crippen LogP contribution in [0.5, 0.6) is 0 Å². The van der Waals surface area contributed by atoms with Crippen LogP contribution in [0.2, 0.25) is 5.02 Å². The Balaban J connectivity index is 1.51. The Morgan fingerprint density at radius 1 is 1.08 bits per heavy atom. The number of hydrazone groups is 1. The summed E-state index contributed by atoms with van der Waals surface area (Å²) in [5, 5.41) is 16.4. The normalized spacial score (nSPS) is 11.3. The van der Waals surface area contributed by atoms with Crippen molar-refractivity contribution in [1.82, 2.24) is 25.6 Å². The van der Waals surface area contributed by atoms with Crippen LogP contribution in [0.25, 0.3) is 12.2 Å². The Kier molecular flexibility index (Phi) is 5.84. The van der Waals surface area contributed by atoms with E-state index in [4.69, 9.17) is 11.6 Å². The molecule has 0 fully saturated rings. The van der Waals surface area contributed by atoms with Gasteiger partial charge in [0.15, 0.2) is 5.82 Å². The van der Waals surface area contributed by atoms with Crippen LogP contribution in [0, 0.1) is 0 Å². The Bertz CT molecular complexity index is 918. The van der Waals surface area contributed by atoms with Crippen molar-refractivity contribution < 1.29 is 4.79 Å². The van der Waals surface area contributed by atoms with Crippen LogP contribution >= 0.6 is 11.6 Å². The van der Waals surface area contributed by atoms with E-state index in [9.17, 15) is 4.79 Å². The third-order valence-corrected chi connectivity index (χ3v) is 3.50. The van der Waals surface area contributed by atoms with Crippen LogP contribution in [0.1, 0.15) is 17.0 Å². The molecule has 0 aliphatic rings. The molecule has 1 aromatic heterocycles. The zero-order valence-corrected chi connectivity index (χ0v) is 14.4. The average Bonchev–Trinajstić information content (AvgIpc) is 3.10. The van der Waals surface area contributed by atoms with Crippen LogP contribution in [-0.2, 0) is 11.3 Å². The smallest absolute Gasteiger partial charge is 0.263 e. The van der Waals surface area contributed by atoms with Gasteiger partial charge in [0, 0.05) is 5.02 Å². The fraction of sp³-hybridized carbons (Fsp3) is 0.0556. The Hall–Kier alpha value is -3.32. The number of rotatable bonds is 6. The van der Waals surface area contributed by atoms with E-state index in [1.54, 1.807) is 30.3 Å². The van der Waals surface area contributed by atoms with E-state index in [1.165, 1.54) is 11.0 Å². The van der Waals surface area contributed by atoms with Crippen molar-refractivity contribution in [3.8, 4) is 0 Å². The molecule has 3 rings (SSSR count). The molecule has 2 aromatic carbocycles. The molecule has 0 aliphatic heterocycles. The molecule has 1 heterocycles. The predicted molar refractivity (Wildman–Crippen MR) is 100 cm³/mol. The second kappa shape index (κ2) is 8.68. The van der Waals surface area contributed by atoms with Crippen molar-refractivity contribution in [3.05, 3.63) is 76.6 Å². The van der Waals surface area contributed by atoms with Crippen LogP contribution in [0.15, 0.2) is 59.7 Å². The SMILES string of the molecule is O=C(Cn1nnc(/C=C/c2ccccc2)n1)N/N=C/c1ccc(Cl)cc1. The number of aromatic nitrogens is 4. The van der Waals surface area contributed by atoms with Gasteiger partial charge in [0.25, 0.3) is 5.91 Å². The number of amides is 1. The number of hydrogen-bond donors (Lipinski definition) is 1. The number of tetrazole rings is 1. The van der Waals surface area contributed by atoms with Gasteiger partial charge in [0.1, 0.15) is 6.54 Å². The summed E-state index contributed by atoms with van der Waals surface area (Å²) in [6.07, 6.45) is 5.13. The molecule has 0 unspecified atom stereocenters. The van der Waals surface area contributed by atoms with Gasteiger partial charge in [-0.1, -0.05) is 60.1 Å². The van der Waals surface area contributed by atoms with Crippen molar-refractivity contribution in [2.24, 2.45) is 5.10 Å². The molecule has 0 saturated carbocycles. The molecular weight excluding hydrogens is 352 g/mol. The lowest BCUT2D eigenvalue weighted by Gasteiger charge is -1.98. The molecule has 130 valence electrons. The number of carbonyl (C=O) groups excluding carboxylic acids is 1. The van der Waals surface area contributed by atoms with Crippen molar-refractivity contribution in [3.63, 3.8) is 0 Å². The monoisotopic (exact) mass is 366 g/mol. The lowest BCUT2D eigenvalue weighted by atomic mass is 10.2. The molecule has 0 atom stereocenters. The minimum Gasteiger partial charge on any atom is -0.271 e. The Morgan fingerprint density at radius 2 is 1.85 bits per heavy atom. The maximum atomic E-state index is 11.9. The zero-order chi connectivity index (χ0) is 18.2. The van der Waals surface area contributed by atoms with E-state index in [0.717, 1.165) is 11.1 Å². The fourth-order valence-corrected chi connectivity index (χ4v) is 2.14. The van der Waals surface area contributed by atoms with Crippen LogP contribution in [0.3, 0.4) is 0 Å². The summed E-state index contributed by atoms with van der Waals surface area (Å²) in [4.78, 5) is 13.1. The highest BCUT2D eigenvalue weighted by Crippen LogP contribution is 2.07. The molecular formula is C18H15ClN6O. The highest BCUT2D eigenvalue weighted by atomic mass is 35.5. The van der Waals surface area contributed by atoms with E-state index in [0.29, 0.717) is 10.8 Å².